The second kappa shape index (κ2) is 8.42. The van der Waals surface area contributed by atoms with Crippen LogP contribution in [-0.2, 0) is 10.0 Å². The van der Waals surface area contributed by atoms with E-state index in [4.69, 9.17) is 11.6 Å². The van der Waals surface area contributed by atoms with E-state index in [2.05, 4.69) is 10.0 Å². The number of hydrogen-bond donors (Lipinski definition) is 2. The van der Waals surface area contributed by atoms with Crippen molar-refractivity contribution in [1.29, 1.82) is 0 Å². The normalized spacial score (nSPS) is 11.3. The highest BCUT2D eigenvalue weighted by Crippen LogP contribution is 2.20. The highest BCUT2D eigenvalue weighted by molar-refractivity contribution is 7.89. The summed E-state index contributed by atoms with van der Waals surface area (Å²) in [5, 5.41) is 2.47. The van der Waals surface area contributed by atoms with Gasteiger partial charge >= 0.3 is 0 Å². The third kappa shape index (κ3) is 5.26. The Kier molecular flexibility index (Phi) is 6.52. The molecule has 0 heterocycles. The molecule has 0 fully saturated rings. The summed E-state index contributed by atoms with van der Waals surface area (Å²) < 4.78 is 39.8. The van der Waals surface area contributed by atoms with Crippen LogP contribution in [0.1, 0.15) is 30.1 Å². The van der Waals surface area contributed by atoms with Crippen molar-refractivity contribution >= 4 is 33.2 Å². The molecule has 2 aromatic rings. The molecule has 0 aromatic heterocycles. The summed E-state index contributed by atoms with van der Waals surface area (Å²) in [6.45, 7) is 2.34. The average Bonchev–Trinajstić information content (AvgIpc) is 2.58. The maximum atomic E-state index is 13.1. The van der Waals surface area contributed by atoms with E-state index in [1.54, 1.807) is 0 Å². The van der Waals surface area contributed by atoms with E-state index in [1.165, 1.54) is 36.4 Å². The zero-order valence-electron chi connectivity index (χ0n) is 13.6. The van der Waals surface area contributed by atoms with Crippen LogP contribution in [0.25, 0.3) is 0 Å². The predicted octanol–water partition coefficient (Wildman–Crippen LogP) is 3.81. The van der Waals surface area contributed by atoms with Crippen LogP contribution in [0, 0.1) is 5.82 Å². The smallest absolute Gasteiger partial charge is 0.255 e. The molecule has 0 saturated heterocycles. The van der Waals surface area contributed by atoms with Gasteiger partial charge in [0, 0.05) is 17.8 Å². The lowest BCUT2D eigenvalue weighted by Gasteiger charge is -2.08. The number of carbonyl (C=O) groups excluding carboxylic acids is 1. The number of benzene rings is 2. The average molecular weight is 385 g/mol. The second-order valence-electron chi connectivity index (χ2n) is 5.36. The standard InChI is InChI=1S/C17H18ClFN2O3S/c1-2-3-10-20-25(23,24)14-7-4-12(5-8-14)17(22)21-13-6-9-16(19)15(18)11-13/h4-9,11,20H,2-3,10H2,1H3,(H,21,22). The quantitative estimate of drug-likeness (QED) is 0.713. The minimum Gasteiger partial charge on any atom is -0.322 e. The van der Waals surface area contributed by atoms with E-state index in [0.717, 1.165) is 18.9 Å². The first-order chi connectivity index (χ1) is 11.8. The molecule has 0 aliphatic rings. The van der Waals surface area contributed by atoms with Gasteiger partial charge in [0.2, 0.25) is 10.0 Å². The van der Waals surface area contributed by atoms with Crippen molar-refractivity contribution in [2.75, 3.05) is 11.9 Å². The molecule has 134 valence electrons. The van der Waals surface area contributed by atoms with Gasteiger partial charge in [0.15, 0.2) is 0 Å². The molecule has 25 heavy (non-hydrogen) atoms. The van der Waals surface area contributed by atoms with Crippen molar-refractivity contribution in [3.05, 3.63) is 58.9 Å². The number of nitrogens with one attached hydrogen (secondary N) is 2. The fraction of sp³-hybridized carbons (Fsp3) is 0.235. The van der Waals surface area contributed by atoms with Crippen LogP contribution in [0.4, 0.5) is 10.1 Å². The SMILES string of the molecule is CCCCNS(=O)(=O)c1ccc(C(=O)Nc2ccc(F)c(Cl)c2)cc1. The molecule has 1 amide bonds. The fourth-order valence-electron chi connectivity index (χ4n) is 2.03. The van der Waals surface area contributed by atoms with Crippen LogP contribution in [-0.4, -0.2) is 20.9 Å². The van der Waals surface area contributed by atoms with Crippen molar-refractivity contribution in [3.63, 3.8) is 0 Å². The van der Waals surface area contributed by atoms with Gasteiger partial charge in [0.1, 0.15) is 5.82 Å². The van der Waals surface area contributed by atoms with Crippen LogP contribution >= 0.6 is 11.6 Å². The van der Waals surface area contributed by atoms with E-state index < -0.39 is 21.7 Å². The van der Waals surface area contributed by atoms with Crippen LogP contribution in [0.3, 0.4) is 0 Å². The number of hydrogen-bond acceptors (Lipinski definition) is 3. The summed E-state index contributed by atoms with van der Waals surface area (Å²) in [6, 6.07) is 9.38. The van der Waals surface area contributed by atoms with E-state index in [1.807, 2.05) is 6.92 Å². The zero-order chi connectivity index (χ0) is 18.4. The third-order valence-corrected chi connectivity index (χ3v) is 5.19. The van der Waals surface area contributed by atoms with Gasteiger partial charge in [0.25, 0.3) is 5.91 Å². The minimum atomic E-state index is -3.59. The Labute approximate surface area is 151 Å². The number of carbonyl (C=O) groups is 1. The van der Waals surface area contributed by atoms with Crippen molar-refractivity contribution in [2.24, 2.45) is 0 Å². The fourth-order valence-corrected chi connectivity index (χ4v) is 3.28. The van der Waals surface area contributed by atoms with Gasteiger partial charge in [-0.15, -0.1) is 0 Å². The Morgan fingerprint density at radius 2 is 1.84 bits per heavy atom. The van der Waals surface area contributed by atoms with Gasteiger partial charge in [-0.1, -0.05) is 24.9 Å². The van der Waals surface area contributed by atoms with Crippen molar-refractivity contribution in [1.82, 2.24) is 4.72 Å². The van der Waals surface area contributed by atoms with Crippen LogP contribution in [0.2, 0.25) is 5.02 Å². The van der Waals surface area contributed by atoms with Gasteiger partial charge in [0.05, 0.1) is 9.92 Å². The van der Waals surface area contributed by atoms with Gasteiger partial charge in [-0.2, -0.15) is 0 Å². The van der Waals surface area contributed by atoms with E-state index in [0.29, 0.717) is 12.2 Å². The summed E-state index contributed by atoms with van der Waals surface area (Å²) in [6.07, 6.45) is 1.63. The molecule has 0 spiro atoms. The van der Waals surface area contributed by atoms with Gasteiger partial charge < -0.3 is 5.32 Å². The predicted molar refractivity (Wildman–Crippen MR) is 95.9 cm³/mol. The Bertz CT molecular complexity index is 855. The molecule has 0 atom stereocenters. The van der Waals surface area contributed by atoms with E-state index in [9.17, 15) is 17.6 Å². The molecular weight excluding hydrogens is 367 g/mol. The highest BCUT2D eigenvalue weighted by atomic mass is 35.5. The largest absolute Gasteiger partial charge is 0.322 e. The molecule has 0 saturated carbocycles. The Morgan fingerprint density at radius 3 is 2.44 bits per heavy atom. The molecule has 2 N–H and O–H groups in total. The molecule has 0 aliphatic heterocycles. The first-order valence-corrected chi connectivity index (χ1v) is 9.55. The molecule has 0 aliphatic carbocycles. The van der Waals surface area contributed by atoms with Crippen molar-refractivity contribution in [2.45, 2.75) is 24.7 Å². The topological polar surface area (TPSA) is 75.3 Å². The number of halogens is 2. The molecular formula is C17H18ClFN2O3S. The summed E-state index contributed by atoms with van der Waals surface area (Å²) in [7, 11) is -3.59. The number of rotatable bonds is 7. The van der Waals surface area contributed by atoms with Gasteiger partial charge in [-0.3, -0.25) is 4.79 Å². The third-order valence-electron chi connectivity index (χ3n) is 3.43. The lowest BCUT2D eigenvalue weighted by molar-refractivity contribution is 0.102. The van der Waals surface area contributed by atoms with Crippen LogP contribution in [0.15, 0.2) is 47.4 Å². The van der Waals surface area contributed by atoms with E-state index >= 15 is 0 Å². The highest BCUT2D eigenvalue weighted by Gasteiger charge is 2.14. The number of anilines is 1. The molecule has 0 radical (unpaired) electrons. The summed E-state index contributed by atoms with van der Waals surface area (Å²) >= 11 is 5.67. The van der Waals surface area contributed by atoms with Gasteiger partial charge in [-0.05, 0) is 48.9 Å². The lowest BCUT2D eigenvalue weighted by atomic mass is 10.2. The monoisotopic (exact) mass is 384 g/mol. The first-order valence-electron chi connectivity index (χ1n) is 7.69. The Hall–Kier alpha value is -1.96. The van der Waals surface area contributed by atoms with Crippen molar-refractivity contribution in [3.8, 4) is 0 Å². The molecule has 0 bridgehead atoms. The van der Waals surface area contributed by atoms with Crippen LogP contribution in [0.5, 0.6) is 0 Å². The molecule has 5 nitrogen and oxygen atoms in total. The minimum absolute atomic E-state index is 0.0879. The number of sulfonamides is 1. The number of unbranched alkanes of at least 4 members (excludes halogenated alkanes) is 1. The Balaban J connectivity index is 2.08. The maximum absolute atomic E-state index is 13.1. The first kappa shape index (κ1) is 19.4. The zero-order valence-corrected chi connectivity index (χ0v) is 15.1. The van der Waals surface area contributed by atoms with Crippen LogP contribution < -0.4 is 10.0 Å². The Morgan fingerprint density at radius 1 is 1.16 bits per heavy atom. The number of amides is 1. The molecule has 8 heteroatoms. The second-order valence-corrected chi connectivity index (χ2v) is 7.53. The summed E-state index contributed by atoms with van der Waals surface area (Å²) in [4.78, 5) is 12.3. The van der Waals surface area contributed by atoms with Crippen molar-refractivity contribution < 1.29 is 17.6 Å². The molecule has 2 rings (SSSR count). The summed E-state index contributed by atoms with van der Waals surface area (Å²) in [5.41, 5.74) is 0.613. The van der Waals surface area contributed by atoms with E-state index in [-0.39, 0.29) is 15.5 Å². The molecule has 2 aromatic carbocycles. The lowest BCUT2D eigenvalue weighted by Crippen LogP contribution is -2.24. The van der Waals surface area contributed by atoms with Gasteiger partial charge in [-0.25, -0.2) is 17.5 Å². The molecule has 0 unspecified atom stereocenters. The summed E-state index contributed by atoms with van der Waals surface area (Å²) in [5.74, 6) is -1.03. The maximum Gasteiger partial charge on any atom is 0.255 e.